The van der Waals surface area contributed by atoms with Gasteiger partial charge in [0.25, 0.3) is 0 Å². The molecule has 6 nitrogen and oxygen atoms in total. The smallest absolute Gasteiger partial charge is 0.127 e. The molecular formula is C21H28O6. The number of aliphatic hydroxyl groups excluding tert-OH is 2. The summed E-state index contributed by atoms with van der Waals surface area (Å²) >= 11 is 0. The number of phenols is 2. The number of rotatable bonds is 11. The molecule has 0 fully saturated rings. The normalized spacial score (nSPS) is 12.3. The maximum absolute atomic E-state index is 10.4. The van der Waals surface area contributed by atoms with E-state index in [1.165, 1.54) is 6.07 Å². The van der Waals surface area contributed by atoms with Crippen LogP contribution in [0.4, 0.5) is 0 Å². The van der Waals surface area contributed by atoms with Gasteiger partial charge in [0.05, 0.1) is 33.0 Å². The Morgan fingerprint density at radius 3 is 2.22 bits per heavy atom. The molecular weight excluding hydrogens is 348 g/mol. The fourth-order valence-corrected chi connectivity index (χ4v) is 3.07. The van der Waals surface area contributed by atoms with Crippen LogP contribution in [0.3, 0.4) is 0 Å². The van der Waals surface area contributed by atoms with Crippen LogP contribution < -0.4 is 0 Å². The average Bonchev–Trinajstić information content (AvgIpc) is 2.66. The Morgan fingerprint density at radius 1 is 0.926 bits per heavy atom. The van der Waals surface area contributed by atoms with Crippen LogP contribution in [0.1, 0.15) is 18.1 Å². The summed E-state index contributed by atoms with van der Waals surface area (Å²) in [6.45, 7) is 2.58. The van der Waals surface area contributed by atoms with Crippen molar-refractivity contribution in [3.63, 3.8) is 0 Å². The number of hydrogen-bond acceptors (Lipinski definition) is 6. The van der Waals surface area contributed by atoms with E-state index in [1.54, 1.807) is 0 Å². The Balaban J connectivity index is 2.11. The second-order valence-electron chi connectivity index (χ2n) is 6.24. The summed E-state index contributed by atoms with van der Waals surface area (Å²) in [6, 6.07) is 10.9. The summed E-state index contributed by atoms with van der Waals surface area (Å²) in [6.07, 6.45) is 0.340. The molecule has 2 rings (SSSR count). The van der Waals surface area contributed by atoms with Gasteiger partial charge >= 0.3 is 0 Å². The van der Waals surface area contributed by atoms with Crippen LogP contribution in [0.2, 0.25) is 0 Å². The van der Waals surface area contributed by atoms with Gasteiger partial charge in [0.2, 0.25) is 0 Å². The molecule has 0 saturated carbocycles. The first-order valence-corrected chi connectivity index (χ1v) is 9.15. The minimum absolute atomic E-state index is 0.0309. The van der Waals surface area contributed by atoms with Gasteiger partial charge < -0.3 is 29.9 Å². The van der Waals surface area contributed by atoms with Gasteiger partial charge in [0.1, 0.15) is 17.6 Å². The zero-order chi connectivity index (χ0) is 19.6. The molecule has 0 aliphatic carbocycles. The topological polar surface area (TPSA) is 99.4 Å². The van der Waals surface area contributed by atoms with Gasteiger partial charge in [-0.25, -0.2) is 0 Å². The summed E-state index contributed by atoms with van der Waals surface area (Å²) in [5.41, 5.74) is 3.19. The van der Waals surface area contributed by atoms with Gasteiger partial charge in [-0.3, -0.25) is 0 Å². The van der Waals surface area contributed by atoms with Crippen LogP contribution in [0.5, 0.6) is 11.5 Å². The van der Waals surface area contributed by atoms with E-state index in [1.807, 2.05) is 37.3 Å². The molecule has 0 spiro atoms. The second-order valence-corrected chi connectivity index (χ2v) is 6.24. The quantitative estimate of drug-likeness (QED) is 0.449. The van der Waals surface area contributed by atoms with Gasteiger partial charge in [-0.1, -0.05) is 37.3 Å². The molecule has 0 saturated heterocycles. The Hall–Kier alpha value is -2.12. The van der Waals surface area contributed by atoms with Crippen LogP contribution >= 0.6 is 0 Å². The molecule has 0 heterocycles. The standard InChI is InChI=1S/C21H28O6/c1-2-17-18(8-10-26-13-16(23)14-27-11-9-22)21(20(25)12-19(17)24)15-6-4-3-5-7-15/h3-7,12,16,22-25H,2,8-11,13-14H2,1H3. The van der Waals surface area contributed by atoms with E-state index in [9.17, 15) is 15.3 Å². The molecule has 0 aliphatic heterocycles. The molecule has 1 unspecified atom stereocenters. The highest BCUT2D eigenvalue weighted by Gasteiger charge is 2.18. The molecule has 2 aromatic rings. The van der Waals surface area contributed by atoms with Crippen molar-refractivity contribution in [1.29, 1.82) is 0 Å². The molecule has 4 N–H and O–H groups in total. The van der Waals surface area contributed by atoms with E-state index < -0.39 is 6.10 Å². The molecule has 27 heavy (non-hydrogen) atoms. The number of benzene rings is 2. The minimum Gasteiger partial charge on any atom is -0.508 e. The maximum atomic E-state index is 10.4. The van der Waals surface area contributed by atoms with Crippen LogP contribution in [0.15, 0.2) is 36.4 Å². The molecule has 6 heteroatoms. The Bertz CT molecular complexity index is 702. The Morgan fingerprint density at radius 2 is 1.59 bits per heavy atom. The van der Waals surface area contributed by atoms with Gasteiger partial charge in [-0.2, -0.15) is 0 Å². The van der Waals surface area contributed by atoms with E-state index in [0.29, 0.717) is 25.0 Å². The summed E-state index contributed by atoms with van der Waals surface area (Å²) in [5.74, 6) is 0.102. The van der Waals surface area contributed by atoms with Crippen molar-refractivity contribution < 1.29 is 29.9 Å². The van der Waals surface area contributed by atoms with Crippen molar-refractivity contribution in [1.82, 2.24) is 0 Å². The van der Waals surface area contributed by atoms with Crippen molar-refractivity contribution in [3.8, 4) is 22.6 Å². The van der Waals surface area contributed by atoms with E-state index >= 15 is 0 Å². The first-order chi connectivity index (χ1) is 13.1. The van der Waals surface area contributed by atoms with E-state index in [0.717, 1.165) is 16.7 Å². The molecule has 148 valence electrons. The van der Waals surface area contributed by atoms with E-state index in [2.05, 4.69) is 0 Å². The predicted octanol–water partition coefficient (Wildman–Crippen LogP) is 2.26. The number of aromatic hydroxyl groups is 2. The highest BCUT2D eigenvalue weighted by atomic mass is 16.5. The lowest BCUT2D eigenvalue weighted by molar-refractivity contribution is -0.0245. The third-order valence-corrected chi connectivity index (χ3v) is 4.27. The van der Waals surface area contributed by atoms with Crippen LogP contribution in [-0.4, -0.2) is 59.6 Å². The SMILES string of the molecule is CCc1c(O)cc(O)c(-c2ccccc2)c1CCOCC(O)COCCO. The fourth-order valence-electron chi connectivity index (χ4n) is 3.07. The summed E-state index contributed by atoms with van der Waals surface area (Å²) < 4.78 is 10.6. The molecule has 2 aromatic carbocycles. The van der Waals surface area contributed by atoms with Crippen molar-refractivity contribution in [2.24, 2.45) is 0 Å². The fraction of sp³-hybridized carbons (Fsp3) is 0.429. The first kappa shape index (κ1) is 21.2. The molecule has 0 aliphatic rings. The molecule has 0 amide bonds. The second kappa shape index (κ2) is 10.9. The predicted molar refractivity (Wildman–Crippen MR) is 103 cm³/mol. The summed E-state index contributed by atoms with van der Waals surface area (Å²) in [4.78, 5) is 0. The molecule has 1 atom stereocenters. The van der Waals surface area contributed by atoms with Gasteiger partial charge in [-0.15, -0.1) is 0 Å². The molecule has 0 bridgehead atoms. The average molecular weight is 376 g/mol. The maximum Gasteiger partial charge on any atom is 0.127 e. The third-order valence-electron chi connectivity index (χ3n) is 4.27. The van der Waals surface area contributed by atoms with Crippen molar-refractivity contribution >= 4 is 0 Å². The molecule has 0 aromatic heterocycles. The third kappa shape index (κ3) is 5.94. The Kier molecular flexibility index (Phi) is 8.54. The lowest BCUT2D eigenvalue weighted by atomic mass is 9.91. The number of aliphatic hydroxyl groups is 2. The van der Waals surface area contributed by atoms with E-state index in [4.69, 9.17) is 14.6 Å². The Labute approximate surface area is 159 Å². The first-order valence-electron chi connectivity index (χ1n) is 9.15. The monoisotopic (exact) mass is 376 g/mol. The van der Waals surface area contributed by atoms with Crippen molar-refractivity contribution in [2.45, 2.75) is 25.9 Å². The zero-order valence-corrected chi connectivity index (χ0v) is 15.6. The number of hydrogen-bond donors (Lipinski definition) is 4. The lowest BCUT2D eigenvalue weighted by Gasteiger charge is -2.18. The highest BCUT2D eigenvalue weighted by molar-refractivity contribution is 5.76. The highest BCUT2D eigenvalue weighted by Crippen LogP contribution is 2.39. The van der Waals surface area contributed by atoms with Crippen molar-refractivity contribution in [2.75, 3.05) is 33.0 Å². The van der Waals surface area contributed by atoms with Gasteiger partial charge in [0, 0.05) is 11.6 Å². The van der Waals surface area contributed by atoms with Crippen LogP contribution in [0.25, 0.3) is 11.1 Å². The van der Waals surface area contributed by atoms with Crippen molar-refractivity contribution in [3.05, 3.63) is 47.5 Å². The van der Waals surface area contributed by atoms with E-state index in [-0.39, 0.29) is 37.9 Å². The number of ether oxygens (including phenoxy) is 2. The number of phenolic OH excluding ortho intramolecular Hbond substituents is 2. The van der Waals surface area contributed by atoms with Gasteiger partial charge in [-0.05, 0) is 29.5 Å². The lowest BCUT2D eigenvalue weighted by Crippen LogP contribution is -2.23. The summed E-state index contributed by atoms with van der Waals surface area (Å²) in [7, 11) is 0. The summed E-state index contributed by atoms with van der Waals surface area (Å²) in [5, 5.41) is 39.1. The van der Waals surface area contributed by atoms with Gasteiger partial charge in [0.15, 0.2) is 0 Å². The zero-order valence-electron chi connectivity index (χ0n) is 15.6. The molecule has 0 radical (unpaired) electrons. The van der Waals surface area contributed by atoms with Crippen LogP contribution in [-0.2, 0) is 22.3 Å². The van der Waals surface area contributed by atoms with Crippen LogP contribution in [0, 0.1) is 0 Å². The minimum atomic E-state index is -0.770. The largest absolute Gasteiger partial charge is 0.508 e.